The van der Waals surface area contributed by atoms with E-state index in [1.165, 1.54) is 11.0 Å². The van der Waals surface area contributed by atoms with Crippen LogP contribution in [-0.2, 0) is 0 Å². The predicted molar refractivity (Wildman–Crippen MR) is 75.6 cm³/mol. The summed E-state index contributed by atoms with van der Waals surface area (Å²) in [5.74, 6) is -0.0839. The first-order valence-electron chi connectivity index (χ1n) is 6.03. The molecule has 0 atom stereocenters. The maximum Gasteiger partial charge on any atom is 0.343 e. The summed E-state index contributed by atoms with van der Waals surface area (Å²) in [6.07, 6.45) is 1.46. The lowest BCUT2D eigenvalue weighted by molar-refractivity contribution is 0.0735. The lowest BCUT2D eigenvalue weighted by Gasteiger charge is -2.06. The van der Waals surface area contributed by atoms with E-state index in [0.29, 0.717) is 22.0 Å². The molecule has 0 unspecified atom stereocenters. The van der Waals surface area contributed by atoms with Crippen molar-refractivity contribution in [1.29, 1.82) is 0 Å². The molecule has 0 aliphatic carbocycles. The third kappa shape index (κ3) is 3.06. The zero-order valence-electron chi connectivity index (χ0n) is 10.7. The molecule has 1 heterocycles. The predicted octanol–water partition coefficient (Wildman–Crippen LogP) is 2.53. The van der Waals surface area contributed by atoms with Crippen LogP contribution in [-0.4, -0.2) is 26.2 Å². The summed E-state index contributed by atoms with van der Waals surface area (Å²) < 4.78 is 6.78. The minimum Gasteiger partial charge on any atom is -0.423 e. The van der Waals surface area contributed by atoms with Crippen molar-refractivity contribution in [2.45, 2.75) is 0 Å². The Hall–Kier alpha value is -2.73. The summed E-state index contributed by atoms with van der Waals surface area (Å²) in [7, 11) is 0. The molecular formula is C14H9ClN4O2. The third-order valence-corrected chi connectivity index (χ3v) is 2.94. The molecule has 0 fully saturated rings. The minimum atomic E-state index is -0.480. The SMILES string of the molecule is O=C(Oc1cccc(-n2cnnn2)c1)c1cccc(Cl)c1. The van der Waals surface area contributed by atoms with Crippen LogP contribution >= 0.6 is 11.6 Å². The van der Waals surface area contributed by atoms with Gasteiger partial charge in [-0.3, -0.25) is 0 Å². The topological polar surface area (TPSA) is 69.9 Å². The van der Waals surface area contributed by atoms with Gasteiger partial charge in [0.25, 0.3) is 0 Å². The number of aromatic nitrogens is 4. The Morgan fingerprint density at radius 3 is 2.76 bits per heavy atom. The average Bonchev–Trinajstić information content (AvgIpc) is 3.02. The second-order valence-electron chi connectivity index (χ2n) is 4.15. The first kappa shape index (κ1) is 13.3. The molecule has 21 heavy (non-hydrogen) atoms. The maximum absolute atomic E-state index is 12.0. The summed E-state index contributed by atoms with van der Waals surface area (Å²) in [5.41, 5.74) is 1.08. The highest BCUT2D eigenvalue weighted by molar-refractivity contribution is 6.30. The normalized spacial score (nSPS) is 10.3. The van der Waals surface area contributed by atoms with Gasteiger partial charge in [0.15, 0.2) is 0 Å². The number of nitrogens with zero attached hydrogens (tertiary/aromatic N) is 4. The van der Waals surface area contributed by atoms with Crippen LogP contribution in [0.5, 0.6) is 5.75 Å². The molecule has 0 aliphatic heterocycles. The van der Waals surface area contributed by atoms with Crippen molar-refractivity contribution in [3.63, 3.8) is 0 Å². The first-order valence-corrected chi connectivity index (χ1v) is 6.41. The van der Waals surface area contributed by atoms with Crippen LogP contribution < -0.4 is 4.74 Å². The molecule has 6 nitrogen and oxygen atoms in total. The quantitative estimate of drug-likeness (QED) is 0.549. The molecule has 0 aliphatic rings. The van der Waals surface area contributed by atoms with E-state index in [-0.39, 0.29) is 0 Å². The number of carbonyl (C=O) groups is 1. The number of tetrazole rings is 1. The average molecular weight is 301 g/mol. The summed E-state index contributed by atoms with van der Waals surface area (Å²) in [6, 6.07) is 13.5. The smallest absolute Gasteiger partial charge is 0.343 e. The van der Waals surface area contributed by atoms with E-state index in [1.54, 1.807) is 48.5 Å². The van der Waals surface area contributed by atoms with Crippen LogP contribution in [0.25, 0.3) is 5.69 Å². The molecule has 2 aromatic carbocycles. The number of rotatable bonds is 3. The molecule has 0 amide bonds. The molecule has 3 rings (SSSR count). The highest BCUT2D eigenvalue weighted by atomic mass is 35.5. The molecule has 1 aromatic heterocycles. The van der Waals surface area contributed by atoms with E-state index in [0.717, 1.165) is 0 Å². The van der Waals surface area contributed by atoms with Gasteiger partial charge in [-0.05, 0) is 40.8 Å². The monoisotopic (exact) mass is 300 g/mol. The lowest BCUT2D eigenvalue weighted by Crippen LogP contribution is -2.08. The minimum absolute atomic E-state index is 0.385. The fourth-order valence-electron chi connectivity index (χ4n) is 1.75. The number of esters is 1. The number of carbonyl (C=O) groups excluding carboxylic acids is 1. The van der Waals surface area contributed by atoms with Crippen molar-refractivity contribution >= 4 is 17.6 Å². The van der Waals surface area contributed by atoms with Crippen LogP contribution in [0.3, 0.4) is 0 Å². The van der Waals surface area contributed by atoms with E-state index < -0.39 is 5.97 Å². The summed E-state index contributed by atoms with van der Waals surface area (Å²) in [4.78, 5) is 12.0. The molecule has 0 saturated heterocycles. The van der Waals surface area contributed by atoms with Gasteiger partial charge >= 0.3 is 5.97 Å². The zero-order valence-corrected chi connectivity index (χ0v) is 11.4. The van der Waals surface area contributed by atoms with Gasteiger partial charge in [-0.2, -0.15) is 0 Å². The highest BCUT2D eigenvalue weighted by Gasteiger charge is 2.09. The van der Waals surface area contributed by atoms with E-state index in [9.17, 15) is 4.79 Å². The van der Waals surface area contributed by atoms with Crippen LogP contribution in [0.2, 0.25) is 5.02 Å². The van der Waals surface area contributed by atoms with Crippen molar-refractivity contribution in [3.05, 3.63) is 65.4 Å². The van der Waals surface area contributed by atoms with Crippen molar-refractivity contribution < 1.29 is 9.53 Å². The second-order valence-corrected chi connectivity index (χ2v) is 4.59. The number of halogens is 1. The lowest BCUT2D eigenvalue weighted by atomic mass is 10.2. The summed E-state index contributed by atoms with van der Waals surface area (Å²) in [5, 5.41) is 11.4. The molecule has 0 spiro atoms. The van der Waals surface area contributed by atoms with E-state index in [4.69, 9.17) is 16.3 Å². The van der Waals surface area contributed by atoms with Crippen molar-refractivity contribution in [1.82, 2.24) is 20.2 Å². The third-order valence-electron chi connectivity index (χ3n) is 2.70. The maximum atomic E-state index is 12.0. The second kappa shape index (κ2) is 5.72. The Balaban J connectivity index is 1.82. The fourth-order valence-corrected chi connectivity index (χ4v) is 1.94. The largest absolute Gasteiger partial charge is 0.423 e. The van der Waals surface area contributed by atoms with E-state index in [2.05, 4.69) is 15.5 Å². The fraction of sp³-hybridized carbons (Fsp3) is 0. The molecule has 7 heteroatoms. The van der Waals surface area contributed by atoms with Crippen LogP contribution in [0, 0.1) is 0 Å². The Kier molecular flexibility index (Phi) is 3.61. The van der Waals surface area contributed by atoms with E-state index in [1.807, 2.05) is 0 Å². The Bertz CT molecular complexity index is 774. The molecule has 0 bridgehead atoms. The molecule has 0 radical (unpaired) electrons. The van der Waals surface area contributed by atoms with Gasteiger partial charge in [0, 0.05) is 11.1 Å². The molecule has 3 aromatic rings. The standard InChI is InChI=1S/C14H9ClN4O2/c15-11-4-1-3-10(7-11)14(20)21-13-6-2-5-12(8-13)19-9-16-17-18-19/h1-9H. The van der Waals surface area contributed by atoms with Gasteiger partial charge < -0.3 is 4.74 Å². The molecule has 0 saturated carbocycles. The number of hydrogen-bond acceptors (Lipinski definition) is 5. The highest BCUT2D eigenvalue weighted by Crippen LogP contribution is 2.18. The van der Waals surface area contributed by atoms with Crippen LogP contribution in [0.1, 0.15) is 10.4 Å². The number of hydrogen-bond donors (Lipinski definition) is 0. The molecule has 104 valence electrons. The van der Waals surface area contributed by atoms with Crippen LogP contribution in [0.4, 0.5) is 0 Å². The van der Waals surface area contributed by atoms with Crippen LogP contribution in [0.15, 0.2) is 54.9 Å². The Morgan fingerprint density at radius 2 is 2.00 bits per heavy atom. The molecule has 0 N–H and O–H groups in total. The Labute approximate surface area is 124 Å². The van der Waals surface area contributed by atoms with Crippen molar-refractivity contribution in [3.8, 4) is 11.4 Å². The zero-order chi connectivity index (χ0) is 14.7. The Morgan fingerprint density at radius 1 is 1.14 bits per heavy atom. The van der Waals surface area contributed by atoms with Gasteiger partial charge in [0.05, 0.1) is 11.3 Å². The van der Waals surface area contributed by atoms with Crippen molar-refractivity contribution in [2.75, 3.05) is 0 Å². The number of benzene rings is 2. The first-order chi connectivity index (χ1) is 10.2. The van der Waals surface area contributed by atoms with Gasteiger partial charge in [-0.15, -0.1) is 5.10 Å². The van der Waals surface area contributed by atoms with Gasteiger partial charge in [0.1, 0.15) is 12.1 Å². The van der Waals surface area contributed by atoms with Gasteiger partial charge in [0.2, 0.25) is 0 Å². The van der Waals surface area contributed by atoms with Crippen molar-refractivity contribution in [2.24, 2.45) is 0 Å². The summed E-state index contributed by atoms with van der Waals surface area (Å²) >= 11 is 5.85. The summed E-state index contributed by atoms with van der Waals surface area (Å²) in [6.45, 7) is 0. The van der Waals surface area contributed by atoms with E-state index >= 15 is 0 Å². The van der Waals surface area contributed by atoms with Gasteiger partial charge in [-0.25, -0.2) is 9.48 Å². The molecular weight excluding hydrogens is 292 g/mol. The van der Waals surface area contributed by atoms with Gasteiger partial charge in [-0.1, -0.05) is 23.7 Å². The number of ether oxygens (including phenoxy) is 1.